The van der Waals surface area contributed by atoms with Gasteiger partial charge in [-0.2, -0.15) is 5.26 Å². The SMILES string of the molecule is COc1ccccc1N(C)C(=O)c1cnccc1C#N. The molecule has 0 fully saturated rings. The molecule has 0 radical (unpaired) electrons. The molecule has 0 saturated carbocycles. The van der Waals surface area contributed by atoms with Crippen molar-refractivity contribution in [2.75, 3.05) is 19.1 Å². The second-order valence-electron chi connectivity index (χ2n) is 4.07. The molecule has 0 aliphatic carbocycles. The number of rotatable bonds is 3. The Kier molecular flexibility index (Phi) is 3.96. The molecule has 0 spiro atoms. The third-order valence-electron chi connectivity index (χ3n) is 2.92. The molecule has 5 heteroatoms. The summed E-state index contributed by atoms with van der Waals surface area (Å²) in [6.07, 6.45) is 2.88. The van der Waals surface area contributed by atoms with Crippen LogP contribution in [0.25, 0.3) is 0 Å². The molecule has 0 atom stereocenters. The zero-order valence-electron chi connectivity index (χ0n) is 11.2. The molecule has 5 nitrogen and oxygen atoms in total. The van der Waals surface area contributed by atoms with Crippen LogP contribution in [0.5, 0.6) is 5.75 Å². The summed E-state index contributed by atoms with van der Waals surface area (Å²) in [5.74, 6) is 0.282. The Morgan fingerprint density at radius 3 is 2.80 bits per heavy atom. The first kappa shape index (κ1) is 13.6. The number of benzene rings is 1. The predicted molar refractivity (Wildman–Crippen MR) is 74.7 cm³/mol. The topological polar surface area (TPSA) is 66.2 Å². The van der Waals surface area contributed by atoms with E-state index in [4.69, 9.17) is 10.00 Å². The number of aromatic nitrogens is 1. The van der Waals surface area contributed by atoms with Crippen molar-refractivity contribution in [2.24, 2.45) is 0 Å². The maximum Gasteiger partial charge on any atom is 0.261 e. The lowest BCUT2D eigenvalue weighted by atomic mass is 10.1. The molecular formula is C15H13N3O2. The second kappa shape index (κ2) is 5.85. The minimum atomic E-state index is -0.306. The van der Waals surface area contributed by atoms with Crippen molar-refractivity contribution in [3.63, 3.8) is 0 Å². The van der Waals surface area contributed by atoms with Crippen molar-refractivity contribution in [1.82, 2.24) is 4.98 Å². The Bertz CT molecular complexity index is 677. The van der Waals surface area contributed by atoms with E-state index in [9.17, 15) is 4.79 Å². The van der Waals surface area contributed by atoms with Gasteiger partial charge in [0.2, 0.25) is 0 Å². The largest absolute Gasteiger partial charge is 0.495 e. The van der Waals surface area contributed by atoms with Gasteiger partial charge in [0.15, 0.2) is 0 Å². The van der Waals surface area contributed by atoms with Crippen LogP contribution in [0.15, 0.2) is 42.7 Å². The minimum Gasteiger partial charge on any atom is -0.495 e. The normalized spacial score (nSPS) is 9.65. The highest BCUT2D eigenvalue weighted by Crippen LogP contribution is 2.27. The summed E-state index contributed by atoms with van der Waals surface area (Å²) in [6.45, 7) is 0. The van der Waals surface area contributed by atoms with Gasteiger partial charge in [0.05, 0.1) is 23.9 Å². The lowest BCUT2D eigenvalue weighted by molar-refractivity contribution is 0.0992. The number of carbonyl (C=O) groups is 1. The average molecular weight is 267 g/mol. The van der Waals surface area contributed by atoms with Crippen LogP contribution in [0.2, 0.25) is 0 Å². The van der Waals surface area contributed by atoms with Crippen LogP contribution in [-0.4, -0.2) is 25.0 Å². The number of methoxy groups -OCH3 is 1. The standard InChI is InChI=1S/C15H13N3O2/c1-18(13-5-3-4-6-14(13)20-2)15(19)12-10-17-8-7-11(12)9-16/h3-8,10H,1-2H3. The van der Waals surface area contributed by atoms with Gasteiger partial charge in [0.1, 0.15) is 11.8 Å². The molecule has 0 unspecified atom stereocenters. The molecule has 20 heavy (non-hydrogen) atoms. The van der Waals surface area contributed by atoms with Gasteiger partial charge in [-0.15, -0.1) is 0 Å². The van der Waals surface area contributed by atoms with Crippen molar-refractivity contribution < 1.29 is 9.53 Å². The average Bonchev–Trinajstić information content (AvgIpc) is 2.53. The number of anilines is 1. The van der Waals surface area contributed by atoms with E-state index < -0.39 is 0 Å². The molecule has 0 aliphatic heterocycles. The molecule has 0 saturated heterocycles. The van der Waals surface area contributed by atoms with Gasteiger partial charge in [0, 0.05) is 19.4 Å². The van der Waals surface area contributed by atoms with E-state index >= 15 is 0 Å². The van der Waals surface area contributed by atoms with Gasteiger partial charge in [0.25, 0.3) is 5.91 Å². The van der Waals surface area contributed by atoms with Crippen LogP contribution in [0, 0.1) is 11.3 Å². The number of hydrogen-bond donors (Lipinski definition) is 0. The lowest BCUT2D eigenvalue weighted by Crippen LogP contribution is -2.27. The van der Waals surface area contributed by atoms with E-state index in [1.165, 1.54) is 23.4 Å². The minimum absolute atomic E-state index is 0.267. The zero-order valence-corrected chi connectivity index (χ0v) is 11.2. The summed E-state index contributed by atoms with van der Waals surface area (Å²) >= 11 is 0. The van der Waals surface area contributed by atoms with Crippen molar-refractivity contribution >= 4 is 11.6 Å². The second-order valence-corrected chi connectivity index (χ2v) is 4.07. The number of amides is 1. The number of hydrogen-bond acceptors (Lipinski definition) is 4. The summed E-state index contributed by atoms with van der Waals surface area (Å²) in [4.78, 5) is 17.8. The number of carbonyl (C=O) groups excluding carboxylic acids is 1. The number of para-hydroxylation sites is 2. The molecule has 2 rings (SSSR count). The summed E-state index contributed by atoms with van der Waals surface area (Å²) in [6, 6.07) is 10.7. The van der Waals surface area contributed by atoms with Crippen molar-refractivity contribution in [3.05, 3.63) is 53.9 Å². The molecule has 0 aliphatic rings. The predicted octanol–water partition coefficient (Wildman–Crippen LogP) is 2.24. The van der Waals surface area contributed by atoms with E-state index in [2.05, 4.69) is 4.98 Å². The highest BCUT2D eigenvalue weighted by molar-refractivity contribution is 6.07. The first-order valence-corrected chi connectivity index (χ1v) is 5.94. The Balaban J connectivity index is 2.41. The molecule has 1 amide bonds. The van der Waals surface area contributed by atoms with Gasteiger partial charge in [-0.25, -0.2) is 0 Å². The summed E-state index contributed by atoms with van der Waals surface area (Å²) < 4.78 is 5.23. The molecular weight excluding hydrogens is 254 g/mol. The fraction of sp³-hybridized carbons (Fsp3) is 0.133. The zero-order chi connectivity index (χ0) is 14.5. The Morgan fingerprint density at radius 1 is 1.35 bits per heavy atom. The Labute approximate surface area is 117 Å². The van der Waals surface area contributed by atoms with Gasteiger partial charge in [-0.3, -0.25) is 9.78 Å². The third-order valence-corrected chi connectivity index (χ3v) is 2.92. The van der Waals surface area contributed by atoms with Crippen molar-refractivity contribution in [2.45, 2.75) is 0 Å². The fourth-order valence-electron chi connectivity index (χ4n) is 1.86. The monoisotopic (exact) mass is 267 g/mol. The Morgan fingerprint density at radius 2 is 2.10 bits per heavy atom. The molecule has 0 bridgehead atoms. The summed E-state index contributed by atoms with van der Waals surface area (Å²) in [7, 11) is 3.18. The quantitative estimate of drug-likeness (QED) is 0.855. The molecule has 1 aromatic carbocycles. The number of ether oxygens (including phenoxy) is 1. The summed E-state index contributed by atoms with van der Waals surface area (Å²) in [5, 5.41) is 9.05. The van der Waals surface area contributed by atoms with Crippen LogP contribution >= 0.6 is 0 Å². The number of pyridine rings is 1. The lowest BCUT2D eigenvalue weighted by Gasteiger charge is -2.20. The highest BCUT2D eigenvalue weighted by Gasteiger charge is 2.19. The fourth-order valence-corrected chi connectivity index (χ4v) is 1.86. The van der Waals surface area contributed by atoms with Gasteiger partial charge in [-0.05, 0) is 18.2 Å². The number of nitrogens with zero attached hydrogens (tertiary/aromatic N) is 3. The van der Waals surface area contributed by atoms with Crippen LogP contribution in [0.3, 0.4) is 0 Å². The van der Waals surface area contributed by atoms with E-state index in [0.717, 1.165) is 0 Å². The van der Waals surface area contributed by atoms with Gasteiger partial charge >= 0.3 is 0 Å². The summed E-state index contributed by atoms with van der Waals surface area (Å²) in [5.41, 5.74) is 1.20. The van der Waals surface area contributed by atoms with Crippen LogP contribution in [0.4, 0.5) is 5.69 Å². The van der Waals surface area contributed by atoms with E-state index in [0.29, 0.717) is 17.0 Å². The van der Waals surface area contributed by atoms with Gasteiger partial charge < -0.3 is 9.64 Å². The van der Waals surface area contributed by atoms with Gasteiger partial charge in [-0.1, -0.05) is 12.1 Å². The highest BCUT2D eigenvalue weighted by atomic mass is 16.5. The van der Waals surface area contributed by atoms with Crippen LogP contribution < -0.4 is 9.64 Å². The molecule has 1 aromatic heterocycles. The van der Waals surface area contributed by atoms with E-state index in [1.807, 2.05) is 18.2 Å². The smallest absolute Gasteiger partial charge is 0.261 e. The first-order chi connectivity index (χ1) is 9.69. The maximum absolute atomic E-state index is 12.5. The molecule has 0 N–H and O–H groups in total. The molecule has 100 valence electrons. The first-order valence-electron chi connectivity index (χ1n) is 5.94. The third kappa shape index (κ3) is 2.45. The van der Waals surface area contributed by atoms with Crippen molar-refractivity contribution in [1.29, 1.82) is 5.26 Å². The number of nitriles is 1. The Hall–Kier alpha value is -2.87. The molecule has 2 aromatic rings. The van der Waals surface area contributed by atoms with E-state index in [1.54, 1.807) is 26.3 Å². The van der Waals surface area contributed by atoms with E-state index in [-0.39, 0.29) is 11.5 Å². The van der Waals surface area contributed by atoms with Crippen LogP contribution in [0.1, 0.15) is 15.9 Å². The van der Waals surface area contributed by atoms with Crippen LogP contribution in [-0.2, 0) is 0 Å². The maximum atomic E-state index is 12.5. The molecule has 1 heterocycles. The van der Waals surface area contributed by atoms with Crippen molar-refractivity contribution in [3.8, 4) is 11.8 Å².